The number of hydrogen-bond donors (Lipinski definition) is 2. The molecule has 2 N–H and O–H groups in total. The number of rotatable bonds is 15. The molecule has 0 bridgehead atoms. The molecule has 0 heterocycles. The van der Waals surface area contributed by atoms with Crippen molar-refractivity contribution in [2.75, 3.05) is 12.8 Å². The maximum absolute atomic E-state index is 11.2. The molecular formula is C15H29O7P. The van der Waals surface area contributed by atoms with E-state index in [1.807, 2.05) is 0 Å². The molecule has 0 radical (unpaired) electrons. The van der Waals surface area contributed by atoms with Gasteiger partial charge in [-0.1, -0.05) is 52.0 Å². The Morgan fingerprint density at radius 1 is 1.17 bits per heavy atom. The fraction of sp³-hybridized carbons (Fsp3) is 0.800. The van der Waals surface area contributed by atoms with Crippen LogP contribution < -0.4 is 0 Å². The van der Waals surface area contributed by atoms with Crippen molar-refractivity contribution in [3.63, 3.8) is 0 Å². The summed E-state index contributed by atoms with van der Waals surface area (Å²) in [6.07, 6.45) is 7.93. The van der Waals surface area contributed by atoms with E-state index in [-0.39, 0.29) is 6.61 Å². The molecule has 0 aromatic rings. The molecule has 0 aromatic heterocycles. The van der Waals surface area contributed by atoms with Crippen molar-refractivity contribution in [3.8, 4) is 0 Å². The highest BCUT2D eigenvalue weighted by Gasteiger charge is 2.16. The number of esters is 1. The number of hydrogen-bond acceptors (Lipinski definition) is 5. The van der Waals surface area contributed by atoms with E-state index >= 15 is 0 Å². The first-order valence-corrected chi connectivity index (χ1v) is 9.84. The predicted octanol–water partition coefficient (Wildman–Crippen LogP) is 3.31. The zero-order valence-corrected chi connectivity index (χ0v) is 14.7. The van der Waals surface area contributed by atoms with Crippen molar-refractivity contribution < 1.29 is 33.7 Å². The van der Waals surface area contributed by atoms with Crippen LogP contribution in [0.1, 0.15) is 58.3 Å². The Morgan fingerprint density at radius 3 is 2.35 bits per heavy atom. The lowest BCUT2D eigenvalue weighted by molar-refractivity contribution is -0.368. The van der Waals surface area contributed by atoms with Crippen LogP contribution in [-0.4, -0.2) is 34.8 Å². The largest absolute Gasteiger partial charge is 0.430 e. The number of ether oxygens (including phenoxy) is 1. The van der Waals surface area contributed by atoms with Gasteiger partial charge < -0.3 is 14.5 Å². The van der Waals surface area contributed by atoms with E-state index in [2.05, 4.69) is 13.5 Å². The van der Waals surface area contributed by atoms with Gasteiger partial charge in [0.05, 0.1) is 12.8 Å². The normalized spacial score (nSPS) is 12.8. The molecule has 0 saturated heterocycles. The van der Waals surface area contributed by atoms with Crippen LogP contribution in [0.4, 0.5) is 0 Å². The molecule has 23 heavy (non-hydrogen) atoms. The first kappa shape index (κ1) is 22.3. The molecule has 136 valence electrons. The van der Waals surface area contributed by atoms with E-state index in [0.717, 1.165) is 25.3 Å². The lowest BCUT2D eigenvalue weighted by Crippen LogP contribution is -2.21. The molecule has 1 atom stereocenters. The summed E-state index contributed by atoms with van der Waals surface area (Å²) in [4.78, 5) is 38.3. The molecule has 0 rings (SSSR count). The van der Waals surface area contributed by atoms with Gasteiger partial charge in [0.2, 0.25) is 6.29 Å². The Hall–Kier alpha value is -0.720. The average Bonchev–Trinajstić information content (AvgIpc) is 2.49. The zero-order valence-electron chi connectivity index (χ0n) is 13.8. The number of carbonyl (C=O) groups excluding carboxylic acids is 1. The summed E-state index contributed by atoms with van der Waals surface area (Å²) in [5.41, 5.74) is 0. The quantitative estimate of drug-likeness (QED) is 0.0886. The molecule has 0 amide bonds. The average molecular weight is 352 g/mol. The van der Waals surface area contributed by atoms with Gasteiger partial charge in [-0.2, -0.15) is 4.89 Å². The van der Waals surface area contributed by atoms with Crippen LogP contribution in [0.2, 0.25) is 0 Å². The van der Waals surface area contributed by atoms with Gasteiger partial charge in [0.25, 0.3) is 0 Å². The monoisotopic (exact) mass is 352 g/mol. The molecule has 0 aliphatic carbocycles. The SMILES string of the molecule is C=CC(=O)OC(CCCCCCCCC)OOCCP(=O)(O)O. The molecule has 0 spiro atoms. The summed E-state index contributed by atoms with van der Waals surface area (Å²) < 4.78 is 15.7. The van der Waals surface area contributed by atoms with E-state index < -0.39 is 26.0 Å². The maximum Gasteiger partial charge on any atom is 0.332 e. The van der Waals surface area contributed by atoms with Crippen molar-refractivity contribution >= 4 is 13.6 Å². The second kappa shape index (κ2) is 13.7. The lowest BCUT2D eigenvalue weighted by Gasteiger charge is -2.16. The summed E-state index contributed by atoms with van der Waals surface area (Å²) in [5.74, 6) is -0.628. The standard InChI is InChI=1S/C15H29O7P/c1-3-5-6-7-8-9-10-11-15(21-14(16)4-2)22-20-12-13-23(17,18)19/h4,15H,2-3,5-13H2,1H3,(H2,17,18,19). The third-order valence-electron chi connectivity index (χ3n) is 3.10. The van der Waals surface area contributed by atoms with Crippen LogP contribution in [0.15, 0.2) is 12.7 Å². The minimum Gasteiger partial charge on any atom is -0.430 e. The smallest absolute Gasteiger partial charge is 0.332 e. The van der Waals surface area contributed by atoms with Gasteiger partial charge in [-0.05, 0) is 6.42 Å². The molecule has 0 aliphatic rings. The van der Waals surface area contributed by atoms with E-state index in [4.69, 9.17) is 24.3 Å². The highest BCUT2D eigenvalue weighted by atomic mass is 31.2. The highest BCUT2D eigenvalue weighted by molar-refractivity contribution is 7.51. The third-order valence-corrected chi connectivity index (χ3v) is 3.86. The Morgan fingerprint density at radius 2 is 1.78 bits per heavy atom. The summed E-state index contributed by atoms with van der Waals surface area (Å²) in [5, 5.41) is 0. The van der Waals surface area contributed by atoms with Crippen LogP contribution in [0.3, 0.4) is 0 Å². The molecule has 0 saturated carbocycles. The second-order valence-corrected chi connectivity index (χ2v) is 7.06. The van der Waals surface area contributed by atoms with Crippen LogP contribution in [0.25, 0.3) is 0 Å². The topological polar surface area (TPSA) is 102 Å². The van der Waals surface area contributed by atoms with Crippen LogP contribution in [0.5, 0.6) is 0 Å². The van der Waals surface area contributed by atoms with Crippen molar-refractivity contribution in [1.29, 1.82) is 0 Å². The first-order valence-electron chi connectivity index (χ1n) is 8.05. The van der Waals surface area contributed by atoms with Gasteiger partial charge in [0.15, 0.2) is 0 Å². The van der Waals surface area contributed by atoms with Gasteiger partial charge in [0, 0.05) is 12.5 Å². The molecule has 7 nitrogen and oxygen atoms in total. The Kier molecular flexibility index (Phi) is 13.3. The molecule has 0 aliphatic heterocycles. The van der Waals surface area contributed by atoms with Crippen LogP contribution in [0, 0.1) is 0 Å². The van der Waals surface area contributed by atoms with Gasteiger partial charge >= 0.3 is 13.6 Å². The van der Waals surface area contributed by atoms with Gasteiger partial charge in [0.1, 0.15) is 0 Å². The summed E-state index contributed by atoms with van der Waals surface area (Å²) in [6, 6.07) is 0. The van der Waals surface area contributed by atoms with Crippen LogP contribution in [-0.2, 0) is 23.9 Å². The minimum atomic E-state index is -4.13. The first-order chi connectivity index (χ1) is 10.9. The van der Waals surface area contributed by atoms with Gasteiger partial charge in [-0.3, -0.25) is 4.57 Å². The zero-order chi connectivity index (χ0) is 17.6. The lowest BCUT2D eigenvalue weighted by atomic mass is 10.1. The predicted molar refractivity (Wildman–Crippen MR) is 86.6 cm³/mol. The molecule has 8 heteroatoms. The van der Waals surface area contributed by atoms with E-state index in [0.29, 0.717) is 6.42 Å². The van der Waals surface area contributed by atoms with Crippen LogP contribution >= 0.6 is 7.60 Å². The molecule has 0 fully saturated rings. The van der Waals surface area contributed by atoms with E-state index in [1.54, 1.807) is 0 Å². The van der Waals surface area contributed by atoms with E-state index in [9.17, 15) is 9.36 Å². The van der Waals surface area contributed by atoms with Gasteiger partial charge in [-0.15, -0.1) is 0 Å². The van der Waals surface area contributed by atoms with Crippen molar-refractivity contribution in [1.82, 2.24) is 0 Å². The second-order valence-electron chi connectivity index (χ2n) is 5.29. The third kappa shape index (κ3) is 15.9. The molecule has 1 unspecified atom stereocenters. The maximum atomic E-state index is 11.2. The summed E-state index contributed by atoms with van der Waals surface area (Å²) in [6.45, 7) is 5.20. The summed E-state index contributed by atoms with van der Waals surface area (Å²) in [7, 11) is -4.13. The number of unbranched alkanes of at least 4 members (excludes halogenated alkanes) is 6. The highest BCUT2D eigenvalue weighted by Crippen LogP contribution is 2.33. The van der Waals surface area contributed by atoms with E-state index in [1.165, 1.54) is 25.7 Å². The fourth-order valence-corrected chi connectivity index (χ4v) is 2.17. The molecular weight excluding hydrogens is 323 g/mol. The molecule has 0 aromatic carbocycles. The fourth-order valence-electron chi connectivity index (χ4n) is 1.85. The van der Waals surface area contributed by atoms with Gasteiger partial charge in [-0.25, -0.2) is 9.68 Å². The Labute approximate surface area is 138 Å². The Balaban J connectivity index is 3.93. The Bertz CT molecular complexity index is 367. The van der Waals surface area contributed by atoms with Crippen molar-refractivity contribution in [2.24, 2.45) is 0 Å². The number of carbonyl (C=O) groups is 1. The minimum absolute atomic E-state index is 0.274. The van der Waals surface area contributed by atoms with Crippen molar-refractivity contribution in [3.05, 3.63) is 12.7 Å². The summed E-state index contributed by atoms with van der Waals surface area (Å²) >= 11 is 0. The van der Waals surface area contributed by atoms with Crippen molar-refractivity contribution in [2.45, 2.75) is 64.6 Å².